The highest BCUT2D eigenvalue weighted by Gasteiger charge is 2.17. The Hall–Kier alpha value is -8.28. The molecule has 9 aromatic carbocycles. The van der Waals surface area contributed by atoms with Gasteiger partial charge in [0.15, 0.2) is 5.82 Å². The molecule has 4 heterocycles. The van der Waals surface area contributed by atoms with Crippen LogP contribution >= 0.6 is 0 Å². The molecule has 0 aliphatic heterocycles. The summed E-state index contributed by atoms with van der Waals surface area (Å²) in [6.45, 7) is 0. The van der Waals surface area contributed by atoms with Gasteiger partial charge in [-0.05, 0) is 107 Å². The Morgan fingerprint density at radius 3 is 1.57 bits per heavy atom. The molecule has 5 nitrogen and oxygen atoms in total. The second kappa shape index (κ2) is 13.1. The van der Waals surface area contributed by atoms with Crippen LogP contribution in [-0.4, -0.2) is 14.5 Å². The van der Waals surface area contributed by atoms with E-state index in [1.807, 2.05) is 48.5 Å². The third-order valence-electron chi connectivity index (χ3n) is 12.2. The predicted octanol–water partition coefficient (Wildman–Crippen LogP) is 15.2. The monoisotopic (exact) mass is 779 g/mol. The van der Waals surface area contributed by atoms with Crippen LogP contribution in [0, 0.1) is 0 Å². The van der Waals surface area contributed by atoms with E-state index in [9.17, 15) is 0 Å². The number of aromatic nitrogens is 3. The molecule has 0 saturated heterocycles. The second-order valence-corrected chi connectivity index (χ2v) is 15.7. The smallest absolute Gasteiger partial charge is 0.160 e. The van der Waals surface area contributed by atoms with Gasteiger partial charge in [0.05, 0.1) is 22.2 Å². The standard InChI is InChI=1S/C56H33N3O2/c1-2-10-35(11-3-1)55-43-14-4-7-15-48(43)57-56(58-55)39-23-29-54-47(33-39)46-31-36(21-27-53(46)61-54)34-18-24-40(25-19-34)59-49-16-8-5-12-41(49)44-30-37(20-26-50(44)59)38-22-28-52-45(32-38)42-13-6-9-17-51(42)60-52/h1-33H. The number of nitrogens with zero attached hydrogens (tertiary/aromatic N) is 3. The van der Waals surface area contributed by atoms with Gasteiger partial charge in [-0.2, -0.15) is 0 Å². The second-order valence-electron chi connectivity index (χ2n) is 15.7. The fourth-order valence-electron chi connectivity index (χ4n) is 9.26. The van der Waals surface area contributed by atoms with Crippen molar-refractivity contribution >= 4 is 76.6 Å². The topological polar surface area (TPSA) is 57.0 Å². The minimum atomic E-state index is 0.686. The summed E-state index contributed by atoms with van der Waals surface area (Å²) in [4.78, 5) is 10.2. The number of benzene rings is 9. The maximum Gasteiger partial charge on any atom is 0.160 e. The molecule has 0 spiro atoms. The third-order valence-corrected chi connectivity index (χ3v) is 12.2. The molecular weight excluding hydrogens is 747 g/mol. The van der Waals surface area contributed by atoms with Crippen molar-refractivity contribution in [1.82, 2.24) is 14.5 Å². The van der Waals surface area contributed by atoms with Crippen LogP contribution in [0.2, 0.25) is 0 Å². The van der Waals surface area contributed by atoms with E-state index in [2.05, 4.69) is 156 Å². The van der Waals surface area contributed by atoms with Crippen LogP contribution in [0.5, 0.6) is 0 Å². The van der Waals surface area contributed by atoms with Crippen LogP contribution in [0.3, 0.4) is 0 Å². The molecule has 284 valence electrons. The highest BCUT2D eigenvalue weighted by molar-refractivity contribution is 6.12. The molecule has 0 N–H and O–H groups in total. The van der Waals surface area contributed by atoms with E-state index in [1.165, 1.54) is 32.9 Å². The Labute approximate surface area is 349 Å². The van der Waals surface area contributed by atoms with Crippen molar-refractivity contribution in [1.29, 1.82) is 0 Å². The molecule has 61 heavy (non-hydrogen) atoms. The maximum absolute atomic E-state index is 6.37. The van der Waals surface area contributed by atoms with Gasteiger partial charge in [0, 0.05) is 54.5 Å². The molecule has 0 bridgehead atoms. The van der Waals surface area contributed by atoms with Gasteiger partial charge in [-0.3, -0.25) is 0 Å². The Balaban J connectivity index is 0.872. The largest absolute Gasteiger partial charge is 0.456 e. The third kappa shape index (κ3) is 5.34. The van der Waals surface area contributed by atoms with Gasteiger partial charge < -0.3 is 13.4 Å². The lowest BCUT2D eigenvalue weighted by molar-refractivity contribution is 0.668. The van der Waals surface area contributed by atoms with Gasteiger partial charge in [-0.25, -0.2) is 9.97 Å². The number of rotatable bonds is 5. The summed E-state index contributed by atoms with van der Waals surface area (Å²) in [5.41, 5.74) is 15.4. The lowest BCUT2D eigenvalue weighted by Crippen LogP contribution is -1.95. The Morgan fingerprint density at radius 1 is 0.311 bits per heavy atom. The minimum Gasteiger partial charge on any atom is -0.456 e. The van der Waals surface area contributed by atoms with E-state index in [4.69, 9.17) is 18.8 Å². The van der Waals surface area contributed by atoms with Crippen LogP contribution in [0.15, 0.2) is 209 Å². The fourth-order valence-corrected chi connectivity index (χ4v) is 9.26. The molecule has 0 unspecified atom stereocenters. The van der Waals surface area contributed by atoms with E-state index >= 15 is 0 Å². The first-order valence-electron chi connectivity index (χ1n) is 20.5. The van der Waals surface area contributed by atoms with Gasteiger partial charge in [0.1, 0.15) is 22.3 Å². The molecular formula is C56H33N3O2. The van der Waals surface area contributed by atoms with Gasteiger partial charge in [-0.15, -0.1) is 0 Å². The van der Waals surface area contributed by atoms with Crippen LogP contribution in [0.4, 0.5) is 0 Å². The molecule has 0 amide bonds. The summed E-state index contributed by atoms with van der Waals surface area (Å²) in [5, 5.41) is 7.83. The molecule has 13 rings (SSSR count). The van der Waals surface area contributed by atoms with Crippen LogP contribution in [-0.2, 0) is 0 Å². The normalized spacial score (nSPS) is 11.9. The van der Waals surface area contributed by atoms with Crippen LogP contribution in [0.25, 0.3) is 127 Å². The quantitative estimate of drug-likeness (QED) is 0.175. The summed E-state index contributed by atoms with van der Waals surface area (Å²) in [6.07, 6.45) is 0. The van der Waals surface area contributed by atoms with E-state index in [0.717, 1.165) is 88.4 Å². The van der Waals surface area contributed by atoms with Crippen molar-refractivity contribution in [2.75, 3.05) is 0 Å². The van der Waals surface area contributed by atoms with E-state index in [1.54, 1.807) is 0 Å². The zero-order valence-electron chi connectivity index (χ0n) is 32.7. The van der Waals surface area contributed by atoms with Crippen molar-refractivity contribution in [3.05, 3.63) is 200 Å². The van der Waals surface area contributed by atoms with Crippen molar-refractivity contribution in [3.8, 4) is 50.6 Å². The molecule has 0 radical (unpaired) electrons. The molecule has 0 aliphatic rings. The van der Waals surface area contributed by atoms with Crippen molar-refractivity contribution in [2.24, 2.45) is 0 Å². The summed E-state index contributed by atoms with van der Waals surface area (Å²) >= 11 is 0. The highest BCUT2D eigenvalue weighted by atomic mass is 16.3. The minimum absolute atomic E-state index is 0.686. The van der Waals surface area contributed by atoms with Crippen molar-refractivity contribution in [2.45, 2.75) is 0 Å². The zero-order chi connectivity index (χ0) is 40.0. The van der Waals surface area contributed by atoms with Crippen LogP contribution < -0.4 is 0 Å². The number of hydrogen-bond acceptors (Lipinski definition) is 4. The van der Waals surface area contributed by atoms with E-state index in [-0.39, 0.29) is 0 Å². The van der Waals surface area contributed by atoms with E-state index in [0.29, 0.717) is 5.82 Å². The molecule has 0 fully saturated rings. The summed E-state index contributed by atoms with van der Waals surface area (Å²) in [7, 11) is 0. The highest BCUT2D eigenvalue weighted by Crippen LogP contribution is 2.39. The number of hydrogen-bond donors (Lipinski definition) is 0. The van der Waals surface area contributed by atoms with Gasteiger partial charge >= 0.3 is 0 Å². The lowest BCUT2D eigenvalue weighted by atomic mass is 10.0. The molecule has 5 heteroatoms. The van der Waals surface area contributed by atoms with Crippen LogP contribution in [0.1, 0.15) is 0 Å². The number of furan rings is 2. The summed E-state index contributed by atoms with van der Waals surface area (Å²) < 4.78 is 14.9. The Bertz CT molecular complexity index is 3870. The van der Waals surface area contributed by atoms with Crippen molar-refractivity contribution < 1.29 is 8.83 Å². The summed E-state index contributed by atoms with van der Waals surface area (Å²) in [5.74, 6) is 0.686. The first-order chi connectivity index (χ1) is 30.2. The maximum atomic E-state index is 6.37. The first-order valence-corrected chi connectivity index (χ1v) is 20.5. The lowest BCUT2D eigenvalue weighted by Gasteiger charge is -2.10. The average molecular weight is 780 g/mol. The molecule has 0 aliphatic carbocycles. The van der Waals surface area contributed by atoms with Gasteiger partial charge in [0.25, 0.3) is 0 Å². The summed E-state index contributed by atoms with van der Waals surface area (Å²) in [6, 6.07) is 70.4. The molecule has 0 saturated carbocycles. The SMILES string of the molecule is c1ccc(-c2nc(-c3ccc4oc5ccc(-c6ccc(-n7c8ccccc8c8cc(-c9ccc%10oc%11ccccc%11c%10c9)ccc87)cc6)cc5c4c3)nc3ccccc23)cc1. The number of fused-ring (bicyclic) bond motifs is 10. The number of para-hydroxylation sites is 3. The van der Waals surface area contributed by atoms with E-state index < -0.39 is 0 Å². The predicted molar refractivity (Wildman–Crippen MR) is 250 cm³/mol. The van der Waals surface area contributed by atoms with Crippen molar-refractivity contribution in [3.63, 3.8) is 0 Å². The fraction of sp³-hybridized carbons (Fsp3) is 0. The molecule has 13 aromatic rings. The molecule has 0 atom stereocenters. The zero-order valence-corrected chi connectivity index (χ0v) is 32.7. The Morgan fingerprint density at radius 2 is 0.820 bits per heavy atom. The first kappa shape index (κ1) is 33.7. The molecule has 4 aromatic heterocycles. The average Bonchev–Trinajstić information content (AvgIpc) is 4.00. The Kier molecular flexibility index (Phi) is 7.24. The van der Waals surface area contributed by atoms with Gasteiger partial charge in [-0.1, -0.05) is 115 Å². The van der Waals surface area contributed by atoms with Gasteiger partial charge in [0.2, 0.25) is 0 Å².